The summed E-state index contributed by atoms with van der Waals surface area (Å²) in [4.78, 5) is 12.0. The third-order valence-corrected chi connectivity index (χ3v) is 3.42. The van der Waals surface area contributed by atoms with Gasteiger partial charge in [-0.05, 0) is 58.5 Å². The number of hydrogen-bond donors (Lipinski definition) is 1. The molecule has 1 heterocycles. The fourth-order valence-corrected chi connectivity index (χ4v) is 2.84. The lowest BCUT2D eigenvalue weighted by Gasteiger charge is -2.31. The Morgan fingerprint density at radius 3 is 2.20 bits per heavy atom. The summed E-state index contributed by atoms with van der Waals surface area (Å²) in [6, 6.07) is 0. The zero-order valence-electron chi connectivity index (χ0n) is 9.88. The SMILES string of the molecule is CC(C)(C)OC(=O)C1C2CCC1CNC2. The highest BCUT2D eigenvalue weighted by molar-refractivity contribution is 5.74. The lowest BCUT2D eigenvalue weighted by molar-refractivity contribution is -0.163. The molecule has 86 valence electrons. The molecule has 2 unspecified atom stereocenters. The zero-order valence-corrected chi connectivity index (χ0v) is 9.88. The van der Waals surface area contributed by atoms with Crippen molar-refractivity contribution in [2.75, 3.05) is 13.1 Å². The summed E-state index contributed by atoms with van der Waals surface area (Å²) in [6.45, 7) is 7.79. The molecule has 2 bridgehead atoms. The summed E-state index contributed by atoms with van der Waals surface area (Å²) in [5.41, 5.74) is -0.346. The third kappa shape index (κ3) is 2.33. The van der Waals surface area contributed by atoms with Crippen molar-refractivity contribution in [2.24, 2.45) is 17.8 Å². The van der Waals surface area contributed by atoms with Crippen molar-refractivity contribution >= 4 is 5.97 Å². The zero-order chi connectivity index (χ0) is 11.1. The van der Waals surface area contributed by atoms with Crippen LogP contribution in [-0.2, 0) is 9.53 Å². The quantitative estimate of drug-likeness (QED) is 0.669. The number of carbonyl (C=O) groups is 1. The first kappa shape index (κ1) is 10.9. The van der Waals surface area contributed by atoms with Gasteiger partial charge in [0.1, 0.15) is 5.60 Å². The lowest BCUT2D eigenvalue weighted by atomic mass is 9.86. The molecule has 0 radical (unpaired) electrons. The fourth-order valence-electron chi connectivity index (χ4n) is 2.84. The number of rotatable bonds is 1. The van der Waals surface area contributed by atoms with E-state index < -0.39 is 0 Å². The molecule has 2 rings (SSSR count). The average molecular weight is 211 g/mol. The Kier molecular flexibility index (Phi) is 2.75. The molecule has 0 aromatic rings. The highest BCUT2D eigenvalue weighted by atomic mass is 16.6. The molecule has 15 heavy (non-hydrogen) atoms. The number of esters is 1. The van der Waals surface area contributed by atoms with Gasteiger partial charge in [-0.15, -0.1) is 0 Å². The van der Waals surface area contributed by atoms with E-state index in [1.165, 1.54) is 12.8 Å². The highest BCUT2D eigenvalue weighted by Gasteiger charge is 2.44. The van der Waals surface area contributed by atoms with Crippen LogP contribution in [0.4, 0.5) is 0 Å². The highest BCUT2D eigenvalue weighted by Crippen LogP contribution is 2.40. The van der Waals surface area contributed by atoms with E-state index in [9.17, 15) is 4.79 Å². The van der Waals surface area contributed by atoms with Crippen LogP contribution in [0, 0.1) is 17.8 Å². The van der Waals surface area contributed by atoms with E-state index in [2.05, 4.69) is 5.32 Å². The van der Waals surface area contributed by atoms with Crippen LogP contribution >= 0.6 is 0 Å². The van der Waals surface area contributed by atoms with Gasteiger partial charge in [-0.2, -0.15) is 0 Å². The van der Waals surface area contributed by atoms with Crippen molar-refractivity contribution in [1.29, 1.82) is 0 Å². The van der Waals surface area contributed by atoms with Gasteiger partial charge in [0.25, 0.3) is 0 Å². The summed E-state index contributed by atoms with van der Waals surface area (Å²) in [7, 11) is 0. The summed E-state index contributed by atoms with van der Waals surface area (Å²) in [5, 5.41) is 3.39. The Morgan fingerprint density at radius 1 is 1.20 bits per heavy atom. The van der Waals surface area contributed by atoms with E-state index in [-0.39, 0.29) is 17.5 Å². The van der Waals surface area contributed by atoms with E-state index in [1.807, 2.05) is 20.8 Å². The van der Waals surface area contributed by atoms with Crippen molar-refractivity contribution in [3.05, 3.63) is 0 Å². The van der Waals surface area contributed by atoms with E-state index in [0.717, 1.165) is 13.1 Å². The molecule has 0 amide bonds. The van der Waals surface area contributed by atoms with Crippen LogP contribution in [0.5, 0.6) is 0 Å². The van der Waals surface area contributed by atoms with Crippen LogP contribution < -0.4 is 5.32 Å². The van der Waals surface area contributed by atoms with Crippen molar-refractivity contribution in [3.63, 3.8) is 0 Å². The van der Waals surface area contributed by atoms with Crippen LogP contribution in [0.3, 0.4) is 0 Å². The number of fused-ring (bicyclic) bond motifs is 2. The first-order valence-corrected chi connectivity index (χ1v) is 5.91. The average Bonchev–Trinajstić information content (AvgIpc) is 2.34. The largest absolute Gasteiger partial charge is 0.460 e. The molecule has 0 aromatic carbocycles. The normalized spacial score (nSPS) is 35.3. The minimum atomic E-state index is -0.346. The lowest BCUT2D eigenvalue weighted by Crippen LogP contribution is -2.44. The molecule has 0 aromatic heterocycles. The molecule has 3 nitrogen and oxygen atoms in total. The van der Waals surface area contributed by atoms with E-state index in [1.54, 1.807) is 0 Å². The van der Waals surface area contributed by atoms with Crippen LogP contribution in [-0.4, -0.2) is 24.7 Å². The van der Waals surface area contributed by atoms with Crippen molar-refractivity contribution in [3.8, 4) is 0 Å². The molecule has 1 aliphatic heterocycles. The minimum absolute atomic E-state index is 0.0245. The third-order valence-electron chi connectivity index (χ3n) is 3.42. The van der Waals surface area contributed by atoms with Gasteiger partial charge in [0, 0.05) is 0 Å². The molecular formula is C12H21NO2. The molecule has 3 heteroatoms. The first-order chi connectivity index (χ1) is 6.97. The maximum absolute atomic E-state index is 12.0. The molecule has 1 N–H and O–H groups in total. The predicted octanol–water partition coefficient (Wildman–Crippen LogP) is 1.57. The second-order valence-electron chi connectivity index (χ2n) is 5.82. The van der Waals surface area contributed by atoms with Crippen LogP contribution in [0.15, 0.2) is 0 Å². The van der Waals surface area contributed by atoms with Gasteiger partial charge in [-0.1, -0.05) is 0 Å². The van der Waals surface area contributed by atoms with Gasteiger partial charge >= 0.3 is 5.97 Å². The van der Waals surface area contributed by atoms with Gasteiger partial charge in [-0.25, -0.2) is 0 Å². The number of piperidine rings is 1. The van der Waals surface area contributed by atoms with Crippen molar-refractivity contribution < 1.29 is 9.53 Å². The second-order valence-corrected chi connectivity index (χ2v) is 5.82. The van der Waals surface area contributed by atoms with Gasteiger partial charge in [0.2, 0.25) is 0 Å². The number of hydrogen-bond acceptors (Lipinski definition) is 3. The summed E-state index contributed by atoms with van der Waals surface area (Å²) < 4.78 is 5.49. The van der Waals surface area contributed by atoms with E-state index >= 15 is 0 Å². The van der Waals surface area contributed by atoms with Crippen molar-refractivity contribution in [2.45, 2.75) is 39.2 Å². The minimum Gasteiger partial charge on any atom is -0.460 e. The van der Waals surface area contributed by atoms with E-state index in [0.29, 0.717) is 11.8 Å². The van der Waals surface area contributed by atoms with Crippen LogP contribution in [0.2, 0.25) is 0 Å². The van der Waals surface area contributed by atoms with Crippen LogP contribution in [0.1, 0.15) is 33.6 Å². The van der Waals surface area contributed by atoms with Gasteiger partial charge < -0.3 is 10.1 Å². The predicted molar refractivity (Wildman–Crippen MR) is 58.4 cm³/mol. The summed E-state index contributed by atoms with van der Waals surface area (Å²) in [6.07, 6.45) is 2.36. The summed E-state index contributed by atoms with van der Waals surface area (Å²) >= 11 is 0. The maximum Gasteiger partial charge on any atom is 0.310 e. The molecule has 2 aliphatic rings. The Balaban J connectivity index is 2.01. The Hall–Kier alpha value is -0.570. The van der Waals surface area contributed by atoms with Gasteiger partial charge in [0.15, 0.2) is 0 Å². The second kappa shape index (κ2) is 3.78. The van der Waals surface area contributed by atoms with E-state index in [4.69, 9.17) is 4.74 Å². The number of carbonyl (C=O) groups excluding carboxylic acids is 1. The molecule has 1 saturated heterocycles. The first-order valence-electron chi connectivity index (χ1n) is 5.91. The molecule has 2 atom stereocenters. The molecule has 1 saturated carbocycles. The molecule has 2 fully saturated rings. The molecule has 1 aliphatic carbocycles. The number of nitrogens with one attached hydrogen (secondary N) is 1. The van der Waals surface area contributed by atoms with Crippen molar-refractivity contribution in [1.82, 2.24) is 5.32 Å². The fraction of sp³-hybridized carbons (Fsp3) is 0.917. The van der Waals surface area contributed by atoms with Gasteiger partial charge in [0.05, 0.1) is 5.92 Å². The summed E-state index contributed by atoms with van der Waals surface area (Å²) in [5.74, 6) is 1.21. The van der Waals surface area contributed by atoms with Gasteiger partial charge in [-0.3, -0.25) is 4.79 Å². The smallest absolute Gasteiger partial charge is 0.310 e. The van der Waals surface area contributed by atoms with Crippen LogP contribution in [0.25, 0.3) is 0 Å². The molecule has 0 spiro atoms. The topological polar surface area (TPSA) is 38.3 Å². The number of ether oxygens (including phenoxy) is 1. The Bertz CT molecular complexity index is 241. The Morgan fingerprint density at radius 2 is 1.73 bits per heavy atom. The maximum atomic E-state index is 12.0. The Labute approximate surface area is 91.6 Å². The molecular weight excluding hydrogens is 190 g/mol. The standard InChI is InChI=1S/C12H21NO2/c1-12(2,3)15-11(14)10-8-4-5-9(10)7-13-6-8/h8-10,13H,4-7H2,1-3H3. The monoisotopic (exact) mass is 211 g/mol.